The summed E-state index contributed by atoms with van der Waals surface area (Å²) in [5.74, 6) is -3.97. The summed E-state index contributed by atoms with van der Waals surface area (Å²) >= 11 is 0. The molecule has 2 heterocycles. The lowest BCUT2D eigenvalue weighted by atomic mass is 10.1. The van der Waals surface area contributed by atoms with Crippen molar-refractivity contribution in [2.75, 3.05) is 21.3 Å². The van der Waals surface area contributed by atoms with Crippen LogP contribution in [-0.2, 0) is 16.1 Å². The zero-order valence-corrected chi connectivity index (χ0v) is 29.8. The molecular formula is C35H32F8N2O10. The molecule has 4 aromatic rings. The van der Waals surface area contributed by atoms with E-state index < -0.39 is 47.5 Å². The molecule has 2 aromatic heterocycles. The molecule has 0 amide bonds. The van der Waals surface area contributed by atoms with E-state index in [1.165, 1.54) is 48.0 Å². The molecule has 0 bridgehead atoms. The molecule has 0 aliphatic heterocycles. The Morgan fingerprint density at radius 3 is 1.27 bits per heavy atom. The molecule has 20 heteroatoms. The highest BCUT2D eigenvalue weighted by Gasteiger charge is 2.33. The van der Waals surface area contributed by atoms with Crippen LogP contribution in [0.3, 0.4) is 0 Å². The van der Waals surface area contributed by atoms with Crippen molar-refractivity contribution >= 4 is 11.9 Å². The minimum absolute atomic E-state index is 0.0221. The predicted molar refractivity (Wildman–Crippen MR) is 175 cm³/mol. The molecule has 0 atom stereocenters. The van der Waals surface area contributed by atoms with Crippen molar-refractivity contribution in [1.82, 2.24) is 9.97 Å². The first kappa shape index (κ1) is 43.3. The maximum Gasteiger partial charge on any atom is 0.573 e. The number of hydrogen-bond acceptors (Lipinski definition) is 11. The monoisotopic (exact) mass is 792 g/mol. The van der Waals surface area contributed by atoms with E-state index in [1.54, 1.807) is 0 Å². The number of aromatic nitrogens is 2. The van der Waals surface area contributed by atoms with Gasteiger partial charge in [0, 0.05) is 36.7 Å². The second-order valence-electron chi connectivity index (χ2n) is 11.8. The van der Waals surface area contributed by atoms with Crippen LogP contribution in [0, 0.1) is 0 Å². The molecule has 298 valence electrons. The van der Waals surface area contributed by atoms with Gasteiger partial charge < -0.3 is 38.3 Å². The number of carbonyl (C=O) groups is 2. The molecule has 12 nitrogen and oxygen atoms in total. The van der Waals surface area contributed by atoms with Crippen LogP contribution in [0.25, 0.3) is 0 Å². The van der Waals surface area contributed by atoms with E-state index in [-0.39, 0.29) is 57.0 Å². The number of carboxylic acid groups (broad SMARTS) is 1. The topological polar surface area (TPSA) is 145 Å². The molecule has 4 rings (SSSR count). The number of carboxylic acids is 1. The number of ether oxygens (including phenoxy) is 7. The summed E-state index contributed by atoms with van der Waals surface area (Å²) in [6.07, 6.45) is -7.75. The molecule has 0 fully saturated rings. The average molecular weight is 793 g/mol. The van der Waals surface area contributed by atoms with Crippen LogP contribution in [0.5, 0.6) is 46.0 Å². The van der Waals surface area contributed by atoms with Gasteiger partial charge >= 0.3 is 24.7 Å². The highest BCUT2D eigenvalue weighted by molar-refractivity contribution is 5.92. The fourth-order valence-corrected chi connectivity index (χ4v) is 4.21. The van der Waals surface area contributed by atoms with Gasteiger partial charge in [0.15, 0.2) is 23.0 Å². The third kappa shape index (κ3) is 12.5. The van der Waals surface area contributed by atoms with E-state index in [1.807, 2.05) is 0 Å². The Bertz CT molecular complexity index is 1990. The Labute approximate surface area is 307 Å². The van der Waals surface area contributed by atoms with Crippen LogP contribution < -0.4 is 28.4 Å². The molecule has 0 saturated heterocycles. The van der Waals surface area contributed by atoms with E-state index in [2.05, 4.69) is 24.2 Å². The van der Waals surface area contributed by atoms with Crippen molar-refractivity contribution in [3.05, 3.63) is 83.4 Å². The van der Waals surface area contributed by atoms with E-state index in [9.17, 15) is 49.8 Å². The standard InChI is InChI=1S/C18H17F4NO5.C17H15F4NO5/c1-17(2,19)15-8-13(11(9-23-15)16(24)26-4)27-12-6-5-10(7-14(12)25-3)28-18(20,21)22;1-16(2,18)14-7-12(10(8-22-14)15(23)24)26-11-5-4-9(6-13(11)25-3)27-17(19,20)21/h5-9H,1-4H3;4-8H,1-3H3,(H,23,24). The number of nitrogens with zero attached hydrogens (tertiary/aromatic N) is 2. The van der Waals surface area contributed by atoms with E-state index in [4.69, 9.17) is 18.9 Å². The zero-order valence-electron chi connectivity index (χ0n) is 29.8. The Morgan fingerprint density at radius 2 is 0.945 bits per heavy atom. The minimum atomic E-state index is -4.89. The quantitative estimate of drug-likeness (QED) is 0.108. The summed E-state index contributed by atoms with van der Waals surface area (Å²) in [6, 6.07) is 8.41. The maximum absolute atomic E-state index is 14.2. The number of hydrogen-bond donors (Lipinski definition) is 1. The van der Waals surface area contributed by atoms with Crippen LogP contribution in [0.15, 0.2) is 60.9 Å². The Hall–Kier alpha value is -6.08. The number of halogens is 8. The summed E-state index contributed by atoms with van der Waals surface area (Å²) in [4.78, 5) is 30.9. The molecule has 0 aliphatic rings. The van der Waals surface area contributed by atoms with Crippen molar-refractivity contribution in [2.24, 2.45) is 0 Å². The number of aromatic carboxylic acids is 1. The van der Waals surface area contributed by atoms with Gasteiger partial charge in [-0.3, -0.25) is 9.97 Å². The molecule has 0 aliphatic carbocycles. The summed E-state index contributed by atoms with van der Waals surface area (Å²) in [7, 11) is 3.53. The first-order valence-corrected chi connectivity index (χ1v) is 15.3. The lowest BCUT2D eigenvalue weighted by Gasteiger charge is -2.18. The first-order valence-electron chi connectivity index (χ1n) is 15.3. The molecule has 0 radical (unpaired) electrons. The fraction of sp³-hybridized carbons (Fsp3) is 0.314. The fourth-order valence-electron chi connectivity index (χ4n) is 4.21. The summed E-state index contributed by atoms with van der Waals surface area (Å²) in [5, 5.41) is 9.25. The third-order valence-corrected chi connectivity index (χ3v) is 6.76. The van der Waals surface area contributed by atoms with Gasteiger partial charge in [-0.15, -0.1) is 26.3 Å². The predicted octanol–water partition coefficient (Wildman–Crippen LogP) is 9.46. The molecule has 0 unspecified atom stereocenters. The minimum Gasteiger partial charge on any atom is -0.493 e. The summed E-state index contributed by atoms with van der Waals surface area (Å²) < 4.78 is 136. The Kier molecular flexibility index (Phi) is 13.3. The van der Waals surface area contributed by atoms with Crippen LogP contribution in [0.2, 0.25) is 0 Å². The van der Waals surface area contributed by atoms with Crippen LogP contribution in [0.4, 0.5) is 35.1 Å². The van der Waals surface area contributed by atoms with Crippen molar-refractivity contribution in [2.45, 2.75) is 51.8 Å². The number of benzene rings is 2. The highest BCUT2D eigenvalue weighted by atomic mass is 19.4. The lowest BCUT2D eigenvalue weighted by molar-refractivity contribution is -0.275. The van der Waals surface area contributed by atoms with Crippen LogP contribution in [0.1, 0.15) is 59.8 Å². The van der Waals surface area contributed by atoms with E-state index in [0.717, 1.165) is 62.0 Å². The third-order valence-electron chi connectivity index (χ3n) is 6.76. The largest absolute Gasteiger partial charge is 0.573 e. The normalized spacial score (nSPS) is 11.8. The Morgan fingerprint density at radius 1 is 0.564 bits per heavy atom. The lowest BCUT2D eigenvalue weighted by Crippen LogP contribution is -2.17. The second-order valence-corrected chi connectivity index (χ2v) is 11.8. The molecular weight excluding hydrogens is 760 g/mol. The van der Waals surface area contributed by atoms with Crippen LogP contribution >= 0.6 is 0 Å². The van der Waals surface area contributed by atoms with Crippen molar-refractivity contribution in [3.8, 4) is 46.0 Å². The highest BCUT2D eigenvalue weighted by Crippen LogP contribution is 2.40. The SMILES string of the molecule is COC(=O)c1cnc(C(C)(C)F)cc1Oc1ccc(OC(F)(F)F)cc1OC.COc1cc(OC(F)(F)F)ccc1Oc1cc(C(C)(C)F)ncc1C(=O)O. The van der Waals surface area contributed by atoms with Crippen molar-refractivity contribution in [1.29, 1.82) is 0 Å². The second kappa shape index (κ2) is 16.9. The average Bonchev–Trinajstić information content (AvgIpc) is 3.07. The molecule has 1 N–H and O–H groups in total. The van der Waals surface area contributed by atoms with Crippen molar-refractivity contribution in [3.63, 3.8) is 0 Å². The number of pyridine rings is 2. The molecule has 0 saturated carbocycles. The number of methoxy groups -OCH3 is 3. The number of carbonyl (C=O) groups excluding carboxylic acids is 1. The van der Waals surface area contributed by atoms with Crippen molar-refractivity contribution < 1.29 is 83.0 Å². The van der Waals surface area contributed by atoms with Crippen LogP contribution in [-0.4, -0.2) is 61.1 Å². The molecule has 0 spiro atoms. The van der Waals surface area contributed by atoms with E-state index >= 15 is 0 Å². The summed E-state index contributed by atoms with van der Waals surface area (Å²) in [5.41, 5.74) is -4.27. The van der Waals surface area contributed by atoms with Gasteiger partial charge in [-0.1, -0.05) is 0 Å². The van der Waals surface area contributed by atoms with Gasteiger partial charge in [-0.05, 0) is 52.0 Å². The molecule has 2 aromatic carbocycles. The maximum atomic E-state index is 14.2. The smallest absolute Gasteiger partial charge is 0.493 e. The van der Waals surface area contributed by atoms with Gasteiger partial charge in [0.2, 0.25) is 0 Å². The number of alkyl halides is 8. The van der Waals surface area contributed by atoms with Gasteiger partial charge in [0.05, 0.1) is 32.7 Å². The number of esters is 1. The van der Waals surface area contributed by atoms with E-state index in [0.29, 0.717) is 0 Å². The van der Waals surface area contributed by atoms with Gasteiger partial charge in [0.1, 0.15) is 45.5 Å². The Balaban J connectivity index is 0.000000296. The zero-order chi connectivity index (χ0) is 41.5. The first-order chi connectivity index (χ1) is 25.3. The van der Waals surface area contributed by atoms with Gasteiger partial charge in [-0.2, -0.15) is 0 Å². The number of rotatable bonds is 12. The molecule has 55 heavy (non-hydrogen) atoms. The van der Waals surface area contributed by atoms with Gasteiger partial charge in [-0.25, -0.2) is 18.4 Å². The van der Waals surface area contributed by atoms with Gasteiger partial charge in [0.25, 0.3) is 0 Å². The summed E-state index contributed by atoms with van der Waals surface area (Å²) in [6.45, 7) is 4.98.